The summed E-state index contributed by atoms with van der Waals surface area (Å²) >= 11 is 0. The first-order chi connectivity index (χ1) is 9.28. The van der Waals surface area contributed by atoms with E-state index in [1.165, 1.54) is 26.1 Å². The minimum atomic E-state index is -0.473. The van der Waals surface area contributed by atoms with Crippen molar-refractivity contribution in [1.29, 1.82) is 0 Å². The van der Waals surface area contributed by atoms with E-state index in [4.69, 9.17) is 4.74 Å². The van der Waals surface area contributed by atoms with Gasteiger partial charge in [0.25, 0.3) is 0 Å². The van der Waals surface area contributed by atoms with E-state index in [2.05, 4.69) is 20.0 Å². The summed E-state index contributed by atoms with van der Waals surface area (Å²) in [6, 6.07) is 0.297. The van der Waals surface area contributed by atoms with Crippen LogP contribution in [-0.4, -0.2) is 41.8 Å². The molecule has 2 aliphatic rings. The Labute approximate surface area is 111 Å². The fourth-order valence-corrected chi connectivity index (χ4v) is 2.46. The lowest BCUT2D eigenvalue weighted by atomic mass is 10.1. The molecule has 1 aliphatic carbocycles. The van der Waals surface area contributed by atoms with E-state index in [9.17, 15) is 4.79 Å². The summed E-state index contributed by atoms with van der Waals surface area (Å²) in [7, 11) is 1.33. The number of methoxy groups -OCH3 is 1. The van der Waals surface area contributed by atoms with Gasteiger partial charge in [0.05, 0.1) is 31.6 Å². The number of hydrogen-bond acceptors (Lipinski definition) is 6. The number of ether oxygens (including phenoxy) is 2. The molecule has 1 aliphatic heterocycles. The Balaban J connectivity index is 1.64. The monoisotopic (exact) mass is 263 g/mol. The summed E-state index contributed by atoms with van der Waals surface area (Å²) in [5.41, 5.74) is 0.217. The van der Waals surface area contributed by atoms with E-state index in [0.717, 1.165) is 13.0 Å². The predicted molar refractivity (Wildman–Crippen MR) is 67.9 cm³/mol. The lowest BCUT2D eigenvalue weighted by Crippen LogP contribution is -2.31. The molecule has 6 nitrogen and oxygen atoms in total. The second kappa shape index (κ2) is 5.13. The highest BCUT2D eigenvalue weighted by atomic mass is 16.5. The van der Waals surface area contributed by atoms with Gasteiger partial charge in [-0.2, -0.15) is 0 Å². The highest BCUT2D eigenvalue weighted by molar-refractivity contribution is 5.86. The molecule has 0 aromatic carbocycles. The van der Waals surface area contributed by atoms with Gasteiger partial charge < -0.3 is 14.8 Å². The number of anilines is 1. The van der Waals surface area contributed by atoms with Gasteiger partial charge in [0.1, 0.15) is 5.82 Å². The maximum Gasteiger partial charge on any atom is 0.358 e. The molecule has 2 unspecified atom stereocenters. The quantitative estimate of drug-likeness (QED) is 0.824. The van der Waals surface area contributed by atoms with Gasteiger partial charge in [-0.25, -0.2) is 14.8 Å². The second-order valence-corrected chi connectivity index (χ2v) is 4.99. The van der Waals surface area contributed by atoms with Crippen molar-refractivity contribution < 1.29 is 14.3 Å². The molecular weight excluding hydrogens is 246 g/mol. The first-order valence-electron chi connectivity index (χ1n) is 6.56. The van der Waals surface area contributed by atoms with Crippen LogP contribution in [0.2, 0.25) is 0 Å². The minimum absolute atomic E-state index is 0.217. The third-order valence-electron chi connectivity index (χ3n) is 3.60. The fourth-order valence-electron chi connectivity index (χ4n) is 2.46. The van der Waals surface area contributed by atoms with Crippen LogP contribution in [0.1, 0.15) is 29.8 Å². The van der Waals surface area contributed by atoms with Gasteiger partial charge in [-0.15, -0.1) is 0 Å². The molecule has 2 fully saturated rings. The van der Waals surface area contributed by atoms with Crippen molar-refractivity contribution in [3.8, 4) is 0 Å². The van der Waals surface area contributed by atoms with Crippen LogP contribution in [0.15, 0.2) is 12.4 Å². The molecule has 1 saturated heterocycles. The lowest BCUT2D eigenvalue weighted by Gasteiger charge is -2.19. The topological polar surface area (TPSA) is 73.3 Å². The molecule has 1 aromatic rings. The Morgan fingerprint density at radius 1 is 1.37 bits per heavy atom. The van der Waals surface area contributed by atoms with E-state index in [1.807, 2.05) is 0 Å². The molecule has 102 valence electrons. The van der Waals surface area contributed by atoms with Crippen molar-refractivity contribution in [1.82, 2.24) is 9.97 Å². The zero-order chi connectivity index (χ0) is 13.2. The summed E-state index contributed by atoms with van der Waals surface area (Å²) in [6.45, 7) is 0.798. The predicted octanol–water partition coefficient (Wildman–Crippen LogP) is 1.24. The molecule has 2 atom stereocenters. The highest BCUT2D eigenvalue weighted by Crippen LogP contribution is 2.39. The van der Waals surface area contributed by atoms with E-state index < -0.39 is 5.97 Å². The Hall–Kier alpha value is -1.69. The van der Waals surface area contributed by atoms with Crippen molar-refractivity contribution in [2.75, 3.05) is 19.0 Å². The van der Waals surface area contributed by atoms with E-state index in [-0.39, 0.29) is 5.69 Å². The van der Waals surface area contributed by atoms with Crippen LogP contribution < -0.4 is 5.32 Å². The third-order valence-corrected chi connectivity index (χ3v) is 3.60. The zero-order valence-corrected chi connectivity index (χ0v) is 10.8. The number of nitrogens with zero attached hydrogens (tertiary/aromatic N) is 2. The van der Waals surface area contributed by atoms with Crippen LogP contribution in [0.3, 0.4) is 0 Å². The van der Waals surface area contributed by atoms with Crippen LogP contribution in [0.5, 0.6) is 0 Å². The van der Waals surface area contributed by atoms with Gasteiger partial charge in [-0.05, 0) is 25.2 Å². The fraction of sp³-hybridized carbons (Fsp3) is 0.615. The van der Waals surface area contributed by atoms with Crippen LogP contribution in [-0.2, 0) is 9.47 Å². The first kappa shape index (κ1) is 12.3. The summed E-state index contributed by atoms with van der Waals surface area (Å²) < 4.78 is 10.3. The summed E-state index contributed by atoms with van der Waals surface area (Å²) in [4.78, 5) is 19.5. The van der Waals surface area contributed by atoms with Gasteiger partial charge in [-0.3, -0.25) is 0 Å². The minimum Gasteiger partial charge on any atom is -0.464 e. The molecule has 19 heavy (non-hydrogen) atoms. The number of rotatable bonds is 4. The van der Waals surface area contributed by atoms with Gasteiger partial charge in [0, 0.05) is 6.61 Å². The Morgan fingerprint density at radius 2 is 2.21 bits per heavy atom. The molecule has 0 amide bonds. The van der Waals surface area contributed by atoms with Crippen molar-refractivity contribution in [3.05, 3.63) is 18.1 Å². The van der Waals surface area contributed by atoms with Crippen molar-refractivity contribution in [3.63, 3.8) is 0 Å². The molecule has 2 heterocycles. The van der Waals surface area contributed by atoms with E-state index >= 15 is 0 Å². The number of esters is 1. The van der Waals surface area contributed by atoms with Gasteiger partial charge in [0.2, 0.25) is 0 Å². The second-order valence-electron chi connectivity index (χ2n) is 4.99. The largest absolute Gasteiger partial charge is 0.464 e. The van der Waals surface area contributed by atoms with Crippen LogP contribution in [0.25, 0.3) is 0 Å². The number of carbonyl (C=O) groups is 1. The van der Waals surface area contributed by atoms with Crippen molar-refractivity contribution in [2.24, 2.45) is 5.92 Å². The van der Waals surface area contributed by atoms with Gasteiger partial charge >= 0.3 is 5.97 Å². The van der Waals surface area contributed by atoms with E-state index in [1.54, 1.807) is 6.20 Å². The molecule has 1 N–H and O–H groups in total. The van der Waals surface area contributed by atoms with Crippen molar-refractivity contribution >= 4 is 11.8 Å². The zero-order valence-electron chi connectivity index (χ0n) is 10.8. The molecule has 0 bridgehead atoms. The standard InChI is InChI=1S/C13H17N3O3/c1-18-13(17)10-6-15-11(7-14-10)16-9-4-5-19-12(9)8-2-3-8/h6-9,12H,2-5H2,1H3,(H,15,16). The van der Waals surface area contributed by atoms with Crippen LogP contribution in [0, 0.1) is 5.92 Å². The average molecular weight is 263 g/mol. The number of hydrogen-bond donors (Lipinski definition) is 1. The molecular formula is C13H17N3O3. The number of carbonyl (C=O) groups excluding carboxylic acids is 1. The maximum atomic E-state index is 11.3. The van der Waals surface area contributed by atoms with Crippen molar-refractivity contribution in [2.45, 2.75) is 31.4 Å². The Bertz CT molecular complexity index is 459. The average Bonchev–Trinajstić information content (AvgIpc) is 3.19. The molecule has 0 radical (unpaired) electrons. The molecule has 6 heteroatoms. The smallest absolute Gasteiger partial charge is 0.358 e. The third kappa shape index (κ3) is 2.68. The van der Waals surface area contributed by atoms with Gasteiger partial charge in [0.15, 0.2) is 5.69 Å². The molecule has 1 saturated carbocycles. The summed E-state index contributed by atoms with van der Waals surface area (Å²) in [5, 5.41) is 3.35. The number of nitrogens with one attached hydrogen (secondary N) is 1. The Kier molecular flexibility index (Phi) is 3.33. The van der Waals surface area contributed by atoms with Crippen LogP contribution in [0.4, 0.5) is 5.82 Å². The molecule has 0 spiro atoms. The van der Waals surface area contributed by atoms with Gasteiger partial charge in [-0.1, -0.05) is 0 Å². The SMILES string of the molecule is COC(=O)c1cnc(NC2CCOC2C2CC2)cn1. The lowest BCUT2D eigenvalue weighted by molar-refractivity contribution is 0.0593. The highest BCUT2D eigenvalue weighted by Gasteiger charge is 2.40. The molecule has 1 aromatic heterocycles. The molecule has 3 rings (SSSR count). The number of aromatic nitrogens is 2. The van der Waals surface area contributed by atoms with Crippen LogP contribution >= 0.6 is 0 Å². The maximum absolute atomic E-state index is 11.3. The van der Waals surface area contributed by atoms with E-state index in [0.29, 0.717) is 23.9 Å². The Morgan fingerprint density at radius 3 is 2.84 bits per heavy atom. The summed E-state index contributed by atoms with van der Waals surface area (Å²) in [5.74, 6) is 0.898. The normalized spacial score (nSPS) is 26.2. The first-order valence-corrected chi connectivity index (χ1v) is 6.56. The summed E-state index contributed by atoms with van der Waals surface area (Å²) in [6.07, 6.45) is 6.79.